The lowest BCUT2D eigenvalue weighted by Gasteiger charge is -2.35. The minimum absolute atomic E-state index is 0.119. The van der Waals surface area contributed by atoms with E-state index < -0.39 is 23.5 Å². The van der Waals surface area contributed by atoms with Gasteiger partial charge in [0.1, 0.15) is 11.6 Å². The number of hydrogen-bond donors (Lipinski definition) is 1. The predicted molar refractivity (Wildman–Crippen MR) is 61.3 cm³/mol. The summed E-state index contributed by atoms with van der Waals surface area (Å²) in [6.45, 7) is 6.09. The Labute approximate surface area is 100 Å². The lowest BCUT2D eigenvalue weighted by molar-refractivity contribution is -0.123. The van der Waals surface area contributed by atoms with Crippen LogP contribution in [0.5, 0.6) is 0 Å². The van der Waals surface area contributed by atoms with Crippen molar-refractivity contribution in [1.82, 2.24) is 4.90 Å². The topological polar surface area (TPSA) is 79.7 Å². The van der Waals surface area contributed by atoms with Gasteiger partial charge in [0.05, 0.1) is 19.4 Å². The maximum atomic E-state index is 11.9. The van der Waals surface area contributed by atoms with Crippen LogP contribution < -0.4 is 0 Å². The summed E-state index contributed by atoms with van der Waals surface area (Å²) in [5.74, 6) is -0.449. The highest BCUT2D eigenvalue weighted by molar-refractivity contribution is 6.29. The fourth-order valence-corrected chi connectivity index (χ4v) is 1.47. The number of ketones is 1. The fraction of sp³-hybridized carbons (Fsp3) is 0.727. The van der Waals surface area contributed by atoms with Crippen molar-refractivity contribution in [3.63, 3.8) is 0 Å². The van der Waals surface area contributed by atoms with Crippen LogP contribution in [0.4, 0.5) is 4.79 Å². The number of carbonyl (C=O) groups is 2. The first-order valence-corrected chi connectivity index (χ1v) is 5.47. The van der Waals surface area contributed by atoms with E-state index in [0.717, 1.165) is 0 Å². The number of rotatable bonds is 2. The van der Waals surface area contributed by atoms with Crippen LogP contribution in [0.1, 0.15) is 20.8 Å². The predicted octanol–water partition coefficient (Wildman–Crippen LogP) is 0.841. The van der Waals surface area contributed by atoms with Crippen LogP contribution in [-0.2, 0) is 14.3 Å². The highest BCUT2D eigenvalue weighted by atomic mass is 16.6. The molecule has 0 aromatic rings. The molecular weight excluding hydrogens is 224 g/mol. The second-order valence-corrected chi connectivity index (χ2v) is 4.81. The Morgan fingerprint density at radius 2 is 2.12 bits per heavy atom. The number of morpholine rings is 1. The highest BCUT2D eigenvalue weighted by Crippen LogP contribution is 2.14. The molecule has 1 saturated heterocycles. The van der Waals surface area contributed by atoms with Crippen LogP contribution in [0.2, 0.25) is 0 Å². The molecule has 1 N–H and O–H groups in total. The van der Waals surface area contributed by atoms with E-state index >= 15 is 0 Å². The average molecular weight is 242 g/mol. The number of amides is 1. The van der Waals surface area contributed by atoms with E-state index in [9.17, 15) is 9.59 Å². The van der Waals surface area contributed by atoms with Crippen LogP contribution in [0, 0.1) is 5.41 Å². The third kappa shape index (κ3) is 3.81. The number of carbonyl (C=O) groups excluding carboxylic acids is 2. The molecule has 17 heavy (non-hydrogen) atoms. The van der Waals surface area contributed by atoms with Gasteiger partial charge in [0, 0.05) is 6.54 Å². The maximum absolute atomic E-state index is 11.9. The van der Waals surface area contributed by atoms with Crippen molar-refractivity contribution in [2.24, 2.45) is 0 Å². The first-order valence-electron chi connectivity index (χ1n) is 5.47. The van der Waals surface area contributed by atoms with Gasteiger partial charge in [0.15, 0.2) is 5.78 Å². The Morgan fingerprint density at radius 1 is 1.47 bits per heavy atom. The quantitative estimate of drug-likeness (QED) is 0.728. The van der Waals surface area contributed by atoms with Crippen LogP contribution >= 0.6 is 0 Å². The molecule has 1 rings (SSSR count). The number of nitrogens with zero attached hydrogens (tertiary/aromatic N) is 1. The maximum Gasteiger partial charge on any atom is 0.411 e. The Bertz CT molecular complexity index is 322. The molecule has 1 amide bonds. The summed E-state index contributed by atoms with van der Waals surface area (Å²) in [7, 11) is 0. The number of ether oxygens (including phenoxy) is 2. The molecule has 0 saturated carbocycles. The molecule has 0 aromatic heterocycles. The van der Waals surface area contributed by atoms with E-state index in [1.54, 1.807) is 20.8 Å². The van der Waals surface area contributed by atoms with Crippen molar-refractivity contribution in [2.45, 2.75) is 32.4 Å². The van der Waals surface area contributed by atoms with Gasteiger partial charge in [0.2, 0.25) is 0 Å². The van der Waals surface area contributed by atoms with Gasteiger partial charge in [-0.05, 0) is 20.8 Å². The zero-order chi connectivity index (χ0) is 13.1. The molecule has 1 aliphatic heterocycles. The van der Waals surface area contributed by atoms with Gasteiger partial charge < -0.3 is 14.9 Å². The van der Waals surface area contributed by atoms with Crippen molar-refractivity contribution < 1.29 is 19.1 Å². The zero-order valence-electron chi connectivity index (χ0n) is 10.4. The van der Waals surface area contributed by atoms with Gasteiger partial charge in [-0.2, -0.15) is 0 Å². The standard InChI is InChI=1S/C11H18N2O4/c1-11(2,3)17-10(15)13-4-5-16-7-8(13)9(14)6-12/h6,8,12H,4-5,7H2,1-3H3/t8-/m0/s1. The second-order valence-electron chi connectivity index (χ2n) is 4.81. The van der Waals surface area contributed by atoms with Crippen molar-refractivity contribution >= 4 is 18.1 Å². The zero-order valence-corrected chi connectivity index (χ0v) is 10.4. The molecule has 6 heteroatoms. The largest absolute Gasteiger partial charge is 0.444 e. The van der Waals surface area contributed by atoms with Gasteiger partial charge in [-0.3, -0.25) is 9.69 Å². The summed E-state index contributed by atoms with van der Waals surface area (Å²) >= 11 is 0. The molecular formula is C11H18N2O4. The number of hydrogen-bond acceptors (Lipinski definition) is 5. The van der Waals surface area contributed by atoms with Gasteiger partial charge in [-0.15, -0.1) is 0 Å². The Balaban J connectivity index is 2.74. The molecule has 0 radical (unpaired) electrons. The summed E-state index contributed by atoms with van der Waals surface area (Å²) < 4.78 is 10.3. The lowest BCUT2D eigenvalue weighted by atomic mass is 10.1. The van der Waals surface area contributed by atoms with Crippen molar-refractivity contribution in [3.8, 4) is 0 Å². The van der Waals surface area contributed by atoms with Crippen LogP contribution in [-0.4, -0.2) is 54.4 Å². The van der Waals surface area contributed by atoms with Crippen molar-refractivity contribution in [3.05, 3.63) is 0 Å². The first kappa shape index (κ1) is 13.6. The first-order chi connectivity index (χ1) is 7.85. The molecule has 0 spiro atoms. The monoisotopic (exact) mass is 242 g/mol. The minimum atomic E-state index is -0.740. The Kier molecular flexibility index (Phi) is 4.22. The summed E-state index contributed by atoms with van der Waals surface area (Å²) in [5, 5.41) is 6.95. The molecule has 0 aliphatic carbocycles. The average Bonchev–Trinajstić information content (AvgIpc) is 2.25. The van der Waals surface area contributed by atoms with E-state index in [1.807, 2.05) is 0 Å². The molecule has 0 unspecified atom stereocenters. The van der Waals surface area contributed by atoms with E-state index in [2.05, 4.69) is 0 Å². The van der Waals surface area contributed by atoms with Gasteiger partial charge in [-0.25, -0.2) is 4.79 Å². The smallest absolute Gasteiger partial charge is 0.411 e. The van der Waals surface area contributed by atoms with E-state index in [-0.39, 0.29) is 6.61 Å². The molecule has 1 heterocycles. The summed E-state index contributed by atoms with van der Waals surface area (Å²) in [6, 6.07) is -0.740. The van der Waals surface area contributed by atoms with Gasteiger partial charge >= 0.3 is 6.09 Å². The molecule has 1 fully saturated rings. The van der Waals surface area contributed by atoms with Crippen LogP contribution in [0.3, 0.4) is 0 Å². The van der Waals surface area contributed by atoms with E-state index in [0.29, 0.717) is 19.4 Å². The van der Waals surface area contributed by atoms with Crippen molar-refractivity contribution in [2.75, 3.05) is 19.8 Å². The molecule has 6 nitrogen and oxygen atoms in total. The Hall–Kier alpha value is -1.43. The van der Waals surface area contributed by atoms with Crippen molar-refractivity contribution in [1.29, 1.82) is 5.41 Å². The lowest BCUT2D eigenvalue weighted by Crippen LogP contribution is -2.54. The minimum Gasteiger partial charge on any atom is -0.444 e. The SMILES string of the molecule is CC(C)(C)OC(=O)N1CCOC[C@H]1C(=O)C=N. The highest BCUT2D eigenvalue weighted by Gasteiger charge is 2.34. The molecule has 1 atom stereocenters. The number of nitrogens with one attached hydrogen (secondary N) is 1. The molecule has 1 aliphatic rings. The van der Waals surface area contributed by atoms with Crippen LogP contribution in [0.15, 0.2) is 0 Å². The second kappa shape index (κ2) is 5.27. The van der Waals surface area contributed by atoms with Gasteiger partial charge in [0.25, 0.3) is 0 Å². The summed E-state index contributed by atoms with van der Waals surface area (Å²) in [4.78, 5) is 24.7. The van der Waals surface area contributed by atoms with E-state index in [1.165, 1.54) is 4.90 Å². The molecule has 96 valence electrons. The van der Waals surface area contributed by atoms with Gasteiger partial charge in [-0.1, -0.05) is 0 Å². The van der Waals surface area contributed by atoms with Crippen LogP contribution in [0.25, 0.3) is 0 Å². The summed E-state index contributed by atoms with van der Waals surface area (Å²) in [6.07, 6.45) is 0.164. The van der Waals surface area contributed by atoms with E-state index in [4.69, 9.17) is 14.9 Å². The number of Topliss-reactive ketones (excluding diaryl/α,β-unsaturated/α-hetero) is 1. The third-order valence-corrected chi connectivity index (χ3v) is 2.23. The fourth-order valence-electron chi connectivity index (χ4n) is 1.47. The molecule has 0 bridgehead atoms. The Morgan fingerprint density at radius 3 is 2.65 bits per heavy atom. The third-order valence-electron chi connectivity index (χ3n) is 2.23. The summed E-state index contributed by atoms with van der Waals surface area (Å²) in [5.41, 5.74) is -0.604. The normalized spacial score (nSPS) is 20.9. The molecule has 0 aromatic carbocycles.